The Morgan fingerprint density at radius 2 is 2.05 bits per heavy atom. The van der Waals surface area contributed by atoms with Crippen molar-refractivity contribution in [1.29, 1.82) is 0 Å². The van der Waals surface area contributed by atoms with E-state index in [9.17, 15) is 18.5 Å². The number of nitrogen functional groups attached to an aromatic ring is 1. The Hall–Kier alpha value is -2.79. The summed E-state index contributed by atoms with van der Waals surface area (Å²) in [4.78, 5) is 9.86. The molecular formula is C10H10N6O4S. The van der Waals surface area contributed by atoms with Gasteiger partial charge in [0.05, 0.1) is 9.82 Å². The number of nitrogens with one attached hydrogen (secondary N) is 2. The van der Waals surface area contributed by atoms with Crippen LogP contribution in [0.4, 0.5) is 17.2 Å². The number of rotatable bonds is 5. The van der Waals surface area contributed by atoms with E-state index >= 15 is 0 Å². The zero-order chi connectivity index (χ0) is 15.5. The number of aromatic nitrogens is 2. The molecule has 1 aromatic heterocycles. The molecule has 0 unspecified atom stereocenters. The van der Waals surface area contributed by atoms with Gasteiger partial charge in [0, 0.05) is 12.3 Å². The Kier molecular flexibility index (Phi) is 3.95. The Morgan fingerprint density at radius 1 is 1.29 bits per heavy atom. The molecule has 2 aromatic rings. The average molecular weight is 310 g/mol. The molecule has 21 heavy (non-hydrogen) atoms. The summed E-state index contributed by atoms with van der Waals surface area (Å²) in [6.45, 7) is 0. The fraction of sp³-hybridized carbons (Fsp3) is 0. The highest BCUT2D eigenvalue weighted by atomic mass is 32.2. The number of sulfonamides is 1. The number of anilines is 2. The quantitative estimate of drug-likeness (QED) is 0.409. The topological polar surface area (TPSA) is 153 Å². The van der Waals surface area contributed by atoms with Gasteiger partial charge < -0.3 is 5.43 Å². The van der Waals surface area contributed by atoms with Crippen LogP contribution < -0.4 is 16.0 Å². The van der Waals surface area contributed by atoms with Gasteiger partial charge in [0.25, 0.3) is 15.7 Å². The van der Waals surface area contributed by atoms with Crippen LogP contribution in [0.1, 0.15) is 0 Å². The maximum absolute atomic E-state index is 12.1. The summed E-state index contributed by atoms with van der Waals surface area (Å²) < 4.78 is 26.4. The third-order valence-electron chi connectivity index (χ3n) is 2.44. The summed E-state index contributed by atoms with van der Waals surface area (Å²) in [7, 11) is -4.02. The van der Waals surface area contributed by atoms with Crippen LogP contribution in [0.2, 0.25) is 0 Å². The van der Waals surface area contributed by atoms with E-state index in [0.29, 0.717) is 0 Å². The van der Waals surface area contributed by atoms with Gasteiger partial charge in [-0.25, -0.2) is 8.42 Å². The molecule has 11 heteroatoms. The minimum atomic E-state index is -4.02. The van der Waals surface area contributed by atoms with Crippen LogP contribution in [0.15, 0.2) is 41.4 Å². The van der Waals surface area contributed by atoms with Gasteiger partial charge in [-0.15, -0.1) is 5.10 Å². The van der Waals surface area contributed by atoms with Gasteiger partial charge in [-0.05, 0) is 24.3 Å². The predicted molar refractivity (Wildman–Crippen MR) is 73.7 cm³/mol. The molecule has 0 atom stereocenters. The van der Waals surface area contributed by atoms with Crippen molar-refractivity contribution in [2.45, 2.75) is 4.90 Å². The number of nitro groups is 1. The van der Waals surface area contributed by atoms with Crippen LogP contribution in [-0.4, -0.2) is 23.5 Å². The van der Waals surface area contributed by atoms with E-state index in [1.54, 1.807) is 0 Å². The molecule has 0 fully saturated rings. The first-order chi connectivity index (χ1) is 9.94. The Balaban J connectivity index is 2.41. The van der Waals surface area contributed by atoms with E-state index in [-0.39, 0.29) is 16.4 Å². The maximum Gasteiger partial charge on any atom is 0.295 e. The van der Waals surface area contributed by atoms with Gasteiger partial charge in [0.1, 0.15) is 5.69 Å². The molecule has 0 spiro atoms. The van der Waals surface area contributed by atoms with Crippen molar-refractivity contribution in [3.63, 3.8) is 0 Å². The SMILES string of the molecule is NNc1ccc(S(=O)(=O)Nc2cccnn2)cc1[N+](=O)[O-]. The van der Waals surface area contributed by atoms with Crippen molar-refractivity contribution >= 4 is 27.2 Å². The standard InChI is InChI=1S/C10H10N6O4S/c11-13-8-4-3-7(6-9(8)16(17)18)21(19,20)15-10-2-1-5-12-14-10/h1-6,13H,11H2,(H,14,15). The van der Waals surface area contributed by atoms with E-state index in [2.05, 4.69) is 20.3 Å². The van der Waals surface area contributed by atoms with E-state index in [1.165, 1.54) is 30.5 Å². The lowest BCUT2D eigenvalue weighted by atomic mass is 10.3. The van der Waals surface area contributed by atoms with Gasteiger partial charge in [-0.3, -0.25) is 20.7 Å². The summed E-state index contributed by atoms with van der Waals surface area (Å²) in [5.41, 5.74) is 1.67. The van der Waals surface area contributed by atoms with Gasteiger partial charge in [-0.2, -0.15) is 5.10 Å². The molecule has 0 amide bonds. The molecule has 2 rings (SSSR count). The number of hydrogen-bond acceptors (Lipinski definition) is 8. The number of nitro benzene ring substituents is 1. The van der Waals surface area contributed by atoms with Crippen molar-refractivity contribution in [2.75, 3.05) is 10.1 Å². The molecule has 0 aliphatic heterocycles. The second-order valence-electron chi connectivity index (χ2n) is 3.79. The van der Waals surface area contributed by atoms with Crippen LogP contribution in [0.5, 0.6) is 0 Å². The molecule has 0 bridgehead atoms. The Bertz CT molecular complexity index is 764. The number of hydrazine groups is 1. The summed E-state index contributed by atoms with van der Waals surface area (Å²) in [5.74, 6) is 5.13. The Labute approximate surface area is 119 Å². The van der Waals surface area contributed by atoms with Crippen LogP contribution in [0.25, 0.3) is 0 Å². The van der Waals surface area contributed by atoms with Gasteiger partial charge in [0.2, 0.25) is 0 Å². The fourth-order valence-electron chi connectivity index (χ4n) is 1.50. The van der Waals surface area contributed by atoms with Crippen molar-refractivity contribution < 1.29 is 13.3 Å². The highest BCUT2D eigenvalue weighted by Crippen LogP contribution is 2.27. The minimum absolute atomic E-state index is 0.00109. The van der Waals surface area contributed by atoms with Crippen molar-refractivity contribution in [1.82, 2.24) is 10.2 Å². The van der Waals surface area contributed by atoms with Crippen molar-refractivity contribution in [3.05, 3.63) is 46.6 Å². The largest absolute Gasteiger partial charge is 0.318 e. The lowest BCUT2D eigenvalue weighted by molar-refractivity contribution is -0.384. The second kappa shape index (κ2) is 5.68. The summed E-state index contributed by atoms with van der Waals surface area (Å²) in [6.07, 6.45) is 1.38. The summed E-state index contributed by atoms with van der Waals surface area (Å²) in [5, 5.41) is 18.0. The Morgan fingerprint density at radius 3 is 2.62 bits per heavy atom. The summed E-state index contributed by atoms with van der Waals surface area (Å²) >= 11 is 0. The van der Waals surface area contributed by atoms with Gasteiger partial charge in [-0.1, -0.05) is 0 Å². The first kappa shape index (κ1) is 14.6. The smallest absolute Gasteiger partial charge is 0.295 e. The molecular weight excluding hydrogens is 300 g/mol. The predicted octanol–water partition coefficient (Wildman–Crippen LogP) is 0.471. The summed E-state index contributed by atoms with van der Waals surface area (Å²) in [6, 6.07) is 6.17. The highest BCUT2D eigenvalue weighted by Gasteiger charge is 2.21. The minimum Gasteiger partial charge on any atom is -0.318 e. The zero-order valence-electron chi connectivity index (χ0n) is 10.4. The lowest BCUT2D eigenvalue weighted by Crippen LogP contribution is -2.15. The number of benzene rings is 1. The van der Waals surface area contributed by atoms with Crippen molar-refractivity contribution in [2.24, 2.45) is 5.84 Å². The molecule has 1 aromatic carbocycles. The van der Waals surface area contributed by atoms with E-state index in [1.807, 2.05) is 0 Å². The van der Waals surface area contributed by atoms with Crippen LogP contribution >= 0.6 is 0 Å². The molecule has 4 N–H and O–H groups in total. The third kappa shape index (κ3) is 3.21. The molecule has 10 nitrogen and oxygen atoms in total. The van der Waals surface area contributed by atoms with Gasteiger partial charge >= 0.3 is 0 Å². The van der Waals surface area contributed by atoms with E-state index in [4.69, 9.17) is 5.84 Å². The second-order valence-corrected chi connectivity index (χ2v) is 5.48. The van der Waals surface area contributed by atoms with E-state index < -0.39 is 20.6 Å². The lowest BCUT2D eigenvalue weighted by Gasteiger charge is -2.08. The normalized spacial score (nSPS) is 10.9. The monoisotopic (exact) mass is 310 g/mol. The number of nitrogens with two attached hydrogens (primary N) is 1. The van der Waals surface area contributed by atoms with E-state index in [0.717, 1.165) is 6.07 Å². The molecule has 0 saturated heterocycles. The van der Waals surface area contributed by atoms with Crippen LogP contribution in [0.3, 0.4) is 0 Å². The molecule has 0 radical (unpaired) electrons. The molecule has 0 saturated carbocycles. The highest BCUT2D eigenvalue weighted by molar-refractivity contribution is 7.92. The molecule has 1 heterocycles. The van der Waals surface area contributed by atoms with Crippen LogP contribution in [-0.2, 0) is 10.0 Å². The van der Waals surface area contributed by atoms with Crippen LogP contribution in [0, 0.1) is 10.1 Å². The first-order valence-corrected chi connectivity index (χ1v) is 6.98. The average Bonchev–Trinajstić information content (AvgIpc) is 2.47. The maximum atomic E-state index is 12.1. The number of hydrogen-bond donors (Lipinski definition) is 3. The molecule has 110 valence electrons. The van der Waals surface area contributed by atoms with Gasteiger partial charge in [0.15, 0.2) is 5.82 Å². The fourth-order valence-corrected chi connectivity index (χ4v) is 2.52. The third-order valence-corrected chi connectivity index (χ3v) is 3.80. The number of nitrogens with zero attached hydrogens (tertiary/aromatic N) is 3. The molecule has 0 aliphatic rings. The molecule has 0 aliphatic carbocycles. The first-order valence-electron chi connectivity index (χ1n) is 5.49. The van der Waals surface area contributed by atoms with Crippen molar-refractivity contribution in [3.8, 4) is 0 Å². The zero-order valence-corrected chi connectivity index (χ0v) is 11.2.